The monoisotopic (exact) mass is 288 g/mol. The van der Waals surface area contributed by atoms with Gasteiger partial charge in [-0.25, -0.2) is 8.42 Å². The number of methoxy groups -OCH3 is 1. The Bertz CT molecular complexity index is 573. The van der Waals surface area contributed by atoms with Crippen LogP contribution in [0.4, 0.5) is 0 Å². The van der Waals surface area contributed by atoms with Crippen LogP contribution in [-0.2, 0) is 24.2 Å². The van der Waals surface area contributed by atoms with E-state index in [4.69, 9.17) is 0 Å². The Morgan fingerprint density at radius 2 is 2.05 bits per heavy atom. The Labute approximate surface area is 111 Å². The summed E-state index contributed by atoms with van der Waals surface area (Å²) in [5.41, 5.74) is -1.09. The number of aliphatic carboxylic acids is 1. The van der Waals surface area contributed by atoms with Gasteiger partial charge in [0.2, 0.25) is 0 Å². The molecule has 1 heterocycles. The molecule has 1 aliphatic heterocycles. The number of carbonyl (C=O) groups excluding carboxylic acids is 1. The first-order valence-corrected chi connectivity index (χ1v) is 7.67. The van der Waals surface area contributed by atoms with E-state index in [-0.39, 0.29) is 29.9 Å². The minimum absolute atomic E-state index is 0.0878. The lowest BCUT2D eigenvalue weighted by Crippen LogP contribution is -2.48. The van der Waals surface area contributed by atoms with Crippen LogP contribution >= 0.6 is 0 Å². The second kappa shape index (κ2) is 4.33. The van der Waals surface area contributed by atoms with Gasteiger partial charge >= 0.3 is 11.9 Å². The quantitative estimate of drug-likeness (QED) is 0.594. The number of hydrogen-bond donors (Lipinski definition) is 1. The first kappa shape index (κ1) is 14.0. The number of allylic oxidation sites excluding steroid dienone is 2. The normalized spacial score (nSPS) is 32.8. The van der Waals surface area contributed by atoms with Crippen molar-refractivity contribution in [3.05, 3.63) is 10.5 Å². The van der Waals surface area contributed by atoms with E-state index >= 15 is 0 Å². The number of carbonyl (C=O) groups is 2. The molecule has 6 nitrogen and oxygen atoms in total. The molecule has 106 valence electrons. The van der Waals surface area contributed by atoms with Crippen molar-refractivity contribution in [1.82, 2.24) is 0 Å². The van der Waals surface area contributed by atoms with E-state index in [0.717, 1.165) is 7.11 Å². The molecule has 0 unspecified atom stereocenters. The van der Waals surface area contributed by atoms with Gasteiger partial charge in [-0.2, -0.15) is 0 Å². The van der Waals surface area contributed by atoms with Gasteiger partial charge in [0, 0.05) is 10.8 Å². The lowest BCUT2D eigenvalue weighted by atomic mass is 9.66. The molecule has 19 heavy (non-hydrogen) atoms. The molecule has 2 rings (SSSR count). The number of esters is 1. The van der Waals surface area contributed by atoms with Crippen molar-refractivity contribution >= 4 is 21.8 Å². The predicted molar refractivity (Wildman–Crippen MR) is 65.9 cm³/mol. The maximum absolute atomic E-state index is 12.0. The van der Waals surface area contributed by atoms with Crippen LogP contribution < -0.4 is 0 Å². The van der Waals surface area contributed by atoms with Crippen LogP contribution in [0.5, 0.6) is 0 Å². The first-order chi connectivity index (χ1) is 8.77. The number of sulfone groups is 1. The number of carboxylic acid groups (broad SMARTS) is 1. The average molecular weight is 288 g/mol. The number of rotatable bonds is 2. The molecule has 2 aliphatic rings. The van der Waals surface area contributed by atoms with Crippen LogP contribution in [0.2, 0.25) is 0 Å². The summed E-state index contributed by atoms with van der Waals surface area (Å²) in [5.74, 6) is -3.05. The maximum Gasteiger partial charge on any atom is 0.323 e. The molecular formula is C12H16O6S. The highest BCUT2D eigenvalue weighted by atomic mass is 32.2. The Hall–Kier alpha value is -1.37. The van der Waals surface area contributed by atoms with Gasteiger partial charge in [-0.3, -0.25) is 9.59 Å². The molecule has 7 heteroatoms. The van der Waals surface area contributed by atoms with Gasteiger partial charge in [0.1, 0.15) is 0 Å². The molecule has 0 spiro atoms. The predicted octanol–water partition coefficient (Wildman–Crippen LogP) is 0.733. The number of fused-ring (bicyclic) bond motifs is 1. The van der Waals surface area contributed by atoms with Crippen LogP contribution in [-0.4, -0.2) is 38.3 Å². The summed E-state index contributed by atoms with van der Waals surface area (Å²) in [6.45, 7) is 1.69. The number of hydrogen-bond acceptors (Lipinski definition) is 5. The summed E-state index contributed by atoms with van der Waals surface area (Å²) in [4.78, 5) is 23.7. The van der Waals surface area contributed by atoms with Gasteiger partial charge in [0.05, 0.1) is 12.9 Å². The molecule has 1 N–H and O–H groups in total. The van der Waals surface area contributed by atoms with Gasteiger partial charge < -0.3 is 9.84 Å². The summed E-state index contributed by atoms with van der Waals surface area (Å²) in [5, 5.41) is 9.48. The molecule has 0 aromatic heterocycles. The van der Waals surface area contributed by atoms with Gasteiger partial charge in [0.15, 0.2) is 15.3 Å². The standard InChI is InChI=1S/C12H16O6S/c1-7-3-5-12(10(13)14,11(15)18-2)8-4-6-19(16,17)9(7)8/h8H,3-6H2,1-2H3,(H,13,14)/t8-,12-/m0/s1. The summed E-state index contributed by atoms with van der Waals surface area (Å²) in [7, 11) is -2.31. The van der Waals surface area contributed by atoms with E-state index in [2.05, 4.69) is 4.74 Å². The zero-order valence-electron chi connectivity index (χ0n) is 10.8. The maximum atomic E-state index is 12.0. The highest BCUT2D eigenvalue weighted by Gasteiger charge is 2.60. The Morgan fingerprint density at radius 1 is 1.42 bits per heavy atom. The third-order valence-electron chi connectivity index (χ3n) is 4.17. The molecule has 0 radical (unpaired) electrons. The average Bonchev–Trinajstić information content (AvgIpc) is 2.66. The van der Waals surface area contributed by atoms with Crippen molar-refractivity contribution in [3.63, 3.8) is 0 Å². The lowest BCUT2D eigenvalue weighted by molar-refractivity contribution is -0.171. The molecule has 0 saturated carbocycles. The summed E-state index contributed by atoms with van der Waals surface area (Å²) in [6, 6.07) is 0. The summed E-state index contributed by atoms with van der Waals surface area (Å²) < 4.78 is 28.7. The van der Waals surface area contributed by atoms with Gasteiger partial charge in [-0.15, -0.1) is 0 Å². The summed E-state index contributed by atoms with van der Waals surface area (Å²) >= 11 is 0. The van der Waals surface area contributed by atoms with Crippen molar-refractivity contribution in [3.8, 4) is 0 Å². The van der Waals surface area contributed by atoms with Crippen molar-refractivity contribution in [1.29, 1.82) is 0 Å². The molecule has 1 saturated heterocycles. The zero-order valence-corrected chi connectivity index (χ0v) is 11.6. The van der Waals surface area contributed by atoms with Crippen molar-refractivity contribution in [2.24, 2.45) is 11.3 Å². The fraction of sp³-hybridized carbons (Fsp3) is 0.667. The fourth-order valence-electron chi connectivity index (χ4n) is 3.22. The number of carboxylic acids is 1. The third kappa shape index (κ3) is 1.79. The van der Waals surface area contributed by atoms with Crippen molar-refractivity contribution in [2.75, 3.05) is 12.9 Å². The van der Waals surface area contributed by atoms with E-state index in [9.17, 15) is 23.1 Å². The van der Waals surface area contributed by atoms with E-state index in [1.54, 1.807) is 6.92 Å². The smallest absolute Gasteiger partial charge is 0.323 e. The van der Waals surface area contributed by atoms with Gasteiger partial charge in [0.25, 0.3) is 0 Å². The Balaban J connectivity index is 2.64. The molecule has 0 aromatic carbocycles. The zero-order chi connectivity index (χ0) is 14.4. The fourth-order valence-corrected chi connectivity index (χ4v) is 5.37. The molecule has 0 aromatic rings. The van der Waals surface area contributed by atoms with Crippen LogP contribution in [0.15, 0.2) is 10.5 Å². The second-order valence-electron chi connectivity index (χ2n) is 5.07. The minimum Gasteiger partial charge on any atom is -0.480 e. The van der Waals surface area contributed by atoms with Gasteiger partial charge in [-0.1, -0.05) is 5.57 Å². The number of ether oxygens (including phenoxy) is 1. The second-order valence-corrected chi connectivity index (χ2v) is 7.15. The Morgan fingerprint density at radius 3 is 2.58 bits per heavy atom. The Kier molecular flexibility index (Phi) is 3.20. The lowest BCUT2D eigenvalue weighted by Gasteiger charge is -2.36. The van der Waals surface area contributed by atoms with Crippen LogP contribution in [0, 0.1) is 11.3 Å². The van der Waals surface area contributed by atoms with Crippen molar-refractivity contribution < 1.29 is 27.9 Å². The molecule has 0 bridgehead atoms. The molecular weight excluding hydrogens is 272 g/mol. The first-order valence-electron chi connectivity index (χ1n) is 6.01. The molecule has 1 fully saturated rings. The SMILES string of the molecule is COC(=O)[C@@]1(C(=O)O)CCC(C)=C2[C@@H]1CCS2(=O)=O. The van der Waals surface area contributed by atoms with E-state index in [1.807, 2.05) is 0 Å². The van der Waals surface area contributed by atoms with Gasteiger partial charge in [-0.05, 0) is 26.2 Å². The van der Waals surface area contributed by atoms with E-state index in [0.29, 0.717) is 5.57 Å². The topological polar surface area (TPSA) is 97.7 Å². The highest BCUT2D eigenvalue weighted by molar-refractivity contribution is 7.95. The van der Waals surface area contributed by atoms with Crippen LogP contribution in [0.3, 0.4) is 0 Å². The van der Waals surface area contributed by atoms with Crippen LogP contribution in [0.25, 0.3) is 0 Å². The highest BCUT2D eigenvalue weighted by Crippen LogP contribution is 2.52. The molecule has 2 atom stereocenters. The largest absolute Gasteiger partial charge is 0.480 e. The molecule has 1 aliphatic carbocycles. The molecule has 0 amide bonds. The summed E-state index contributed by atoms with van der Waals surface area (Å²) in [6.07, 6.45) is 0.535. The van der Waals surface area contributed by atoms with Crippen molar-refractivity contribution in [2.45, 2.75) is 26.2 Å². The van der Waals surface area contributed by atoms with Crippen LogP contribution in [0.1, 0.15) is 26.2 Å². The third-order valence-corrected chi connectivity index (χ3v) is 6.24. The minimum atomic E-state index is -3.43. The van der Waals surface area contributed by atoms with E-state index < -0.39 is 33.1 Å². The van der Waals surface area contributed by atoms with E-state index in [1.165, 1.54) is 0 Å².